The van der Waals surface area contributed by atoms with Crippen molar-refractivity contribution in [3.63, 3.8) is 0 Å². The number of morpholine rings is 1. The highest BCUT2D eigenvalue weighted by atomic mass is 32.1. The molecule has 0 atom stereocenters. The molecule has 3 rings (SSSR count). The molecule has 0 bridgehead atoms. The lowest BCUT2D eigenvalue weighted by atomic mass is 10.2. The fourth-order valence-corrected chi connectivity index (χ4v) is 3.45. The number of nitrogens with zero attached hydrogens (tertiary/aromatic N) is 1. The van der Waals surface area contributed by atoms with Gasteiger partial charge in [-0.2, -0.15) is 0 Å². The van der Waals surface area contributed by atoms with Crippen LogP contribution in [0.3, 0.4) is 0 Å². The van der Waals surface area contributed by atoms with Crippen LogP contribution >= 0.6 is 12.2 Å². The summed E-state index contributed by atoms with van der Waals surface area (Å²) in [6.07, 6.45) is 2.55. The van der Waals surface area contributed by atoms with E-state index in [1.807, 2.05) is 0 Å². The molecule has 2 aliphatic heterocycles. The molecule has 2 aliphatic rings. The van der Waals surface area contributed by atoms with Crippen LogP contribution in [0.4, 0.5) is 11.4 Å². The van der Waals surface area contributed by atoms with Gasteiger partial charge in [0.25, 0.3) is 0 Å². The zero-order valence-corrected chi connectivity index (χ0v) is 14.5. The van der Waals surface area contributed by atoms with Gasteiger partial charge in [0.05, 0.1) is 37.7 Å². The van der Waals surface area contributed by atoms with Gasteiger partial charge in [0, 0.05) is 13.1 Å². The maximum atomic E-state index is 5.46. The lowest BCUT2D eigenvalue weighted by molar-refractivity contribution is -0.906. The topological polar surface area (TPSA) is 41.0 Å². The first-order valence-corrected chi connectivity index (χ1v) is 9.04. The Balaban J connectivity index is 1.47. The Labute approximate surface area is 144 Å². The summed E-state index contributed by atoms with van der Waals surface area (Å²) in [4.78, 5) is 4.02. The molecule has 0 spiro atoms. The van der Waals surface area contributed by atoms with Gasteiger partial charge < -0.3 is 25.2 Å². The molecule has 0 saturated carbocycles. The fraction of sp³-hybridized carbons (Fsp3) is 0.588. The van der Waals surface area contributed by atoms with Crippen molar-refractivity contribution in [2.45, 2.75) is 12.8 Å². The van der Waals surface area contributed by atoms with Gasteiger partial charge in [-0.15, -0.1) is 0 Å². The van der Waals surface area contributed by atoms with Crippen molar-refractivity contribution in [3.8, 4) is 0 Å². The summed E-state index contributed by atoms with van der Waals surface area (Å²) in [5.41, 5.74) is 2.36. The second-order valence-electron chi connectivity index (χ2n) is 6.20. The van der Waals surface area contributed by atoms with E-state index in [1.165, 1.54) is 18.5 Å². The second kappa shape index (κ2) is 8.47. The van der Waals surface area contributed by atoms with Gasteiger partial charge in [-0.05, 0) is 37.2 Å². The van der Waals surface area contributed by atoms with E-state index in [0.29, 0.717) is 5.11 Å². The largest absolute Gasteiger partial charge is 0.370 e. The number of nitrogens with one attached hydrogen (secondary N) is 3. The van der Waals surface area contributed by atoms with Gasteiger partial charge >= 0.3 is 0 Å². The van der Waals surface area contributed by atoms with Crippen LogP contribution in [0.15, 0.2) is 24.3 Å². The van der Waals surface area contributed by atoms with E-state index in [4.69, 9.17) is 17.0 Å². The average molecular weight is 335 g/mol. The molecule has 2 heterocycles. The summed E-state index contributed by atoms with van der Waals surface area (Å²) in [6, 6.07) is 8.43. The Morgan fingerprint density at radius 3 is 2.70 bits per heavy atom. The summed E-state index contributed by atoms with van der Waals surface area (Å²) in [6.45, 7) is 8.20. The van der Waals surface area contributed by atoms with E-state index in [1.54, 1.807) is 4.90 Å². The maximum Gasteiger partial charge on any atom is 0.171 e. The van der Waals surface area contributed by atoms with Crippen LogP contribution in [0.25, 0.3) is 0 Å². The molecule has 1 aromatic rings. The molecule has 6 heteroatoms. The van der Waals surface area contributed by atoms with Crippen LogP contribution in [-0.4, -0.2) is 57.6 Å². The lowest BCUT2D eigenvalue weighted by Gasteiger charge is -2.24. The van der Waals surface area contributed by atoms with Crippen LogP contribution in [0.2, 0.25) is 0 Å². The molecule has 0 amide bonds. The molecule has 5 nitrogen and oxygen atoms in total. The Hall–Kier alpha value is -1.37. The first kappa shape index (κ1) is 16.5. The van der Waals surface area contributed by atoms with Crippen molar-refractivity contribution in [1.29, 1.82) is 0 Å². The standard InChI is InChI=1S/C17H26N4OS/c23-17(18-7-10-20-11-13-22-14-12-20)19-15-5-1-2-6-16(15)21-8-3-4-9-21/h1-2,5-6H,3-4,7-14H2,(H2,18,19,23)/p+1. The SMILES string of the molecule is S=C(NCC[NH+]1CCOCC1)Nc1ccccc1N1CCCC1. The van der Waals surface area contributed by atoms with E-state index in [9.17, 15) is 0 Å². The Morgan fingerprint density at radius 2 is 1.91 bits per heavy atom. The average Bonchev–Trinajstić information content (AvgIpc) is 3.11. The van der Waals surface area contributed by atoms with Gasteiger partial charge in [-0.1, -0.05) is 12.1 Å². The Kier molecular flexibility index (Phi) is 6.07. The number of anilines is 2. The minimum atomic E-state index is 0.712. The number of ether oxygens (including phenoxy) is 1. The van der Waals surface area contributed by atoms with E-state index in [-0.39, 0.29) is 0 Å². The van der Waals surface area contributed by atoms with Crippen molar-refractivity contribution in [1.82, 2.24) is 5.32 Å². The van der Waals surface area contributed by atoms with E-state index < -0.39 is 0 Å². The number of para-hydroxylation sites is 2. The molecule has 0 radical (unpaired) electrons. The number of hydrogen-bond donors (Lipinski definition) is 3. The summed E-state index contributed by atoms with van der Waals surface area (Å²) in [5.74, 6) is 0. The molecule has 23 heavy (non-hydrogen) atoms. The molecule has 0 aliphatic carbocycles. The number of thiocarbonyl (C=S) groups is 1. The lowest BCUT2D eigenvalue weighted by Crippen LogP contribution is -3.14. The minimum Gasteiger partial charge on any atom is -0.370 e. The molecular weight excluding hydrogens is 308 g/mol. The van der Waals surface area contributed by atoms with E-state index in [0.717, 1.165) is 58.2 Å². The molecule has 0 unspecified atom stereocenters. The molecule has 0 aromatic heterocycles. The highest BCUT2D eigenvalue weighted by Crippen LogP contribution is 2.28. The van der Waals surface area contributed by atoms with Crippen LogP contribution in [0.1, 0.15) is 12.8 Å². The van der Waals surface area contributed by atoms with Crippen LogP contribution in [0.5, 0.6) is 0 Å². The summed E-state index contributed by atoms with van der Waals surface area (Å²) < 4.78 is 5.38. The van der Waals surface area contributed by atoms with Crippen molar-refractivity contribution < 1.29 is 9.64 Å². The maximum absolute atomic E-state index is 5.46. The van der Waals surface area contributed by atoms with Crippen molar-refractivity contribution >= 4 is 28.7 Å². The van der Waals surface area contributed by atoms with Gasteiger partial charge in [-0.25, -0.2) is 0 Å². The van der Waals surface area contributed by atoms with Crippen LogP contribution < -0.4 is 20.4 Å². The van der Waals surface area contributed by atoms with Crippen molar-refractivity contribution in [2.75, 3.05) is 62.7 Å². The van der Waals surface area contributed by atoms with Crippen molar-refractivity contribution in [3.05, 3.63) is 24.3 Å². The summed E-state index contributed by atoms with van der Waals surface area (Å²) in [5, 5.41) is 7.42. The Morgan fingerprint density at radius 1 is 1.17 bits per heavy atom. The highest BCUT2D eigenvalue weighted by molar-refractivity contribution is 7.80. The monoisotopic (exact) mass is 335 g/mol. The molecule has 1 aromatic carbocycles. The zero-order chi connectivity index (χ0) is 15.9. The normalized spacial score (nSPS) is 18.9. The first-order chi connectivity index (χ1) is 11.3. The van der Waals surface area contributed by atoms with Gasteiger partial charge in [0.15, 0.2) is 5.11 Å². The quantitative estimate of drug-likeness (QED) is 0.684. The molecule has 126 valence electrons. The smallest absolute Gasteiger partial charge is 0.171 e. The molecule has 2 fully saturated rings. The van der Waals surface area contributed by atoms with Gasteiger partial charge in [0.1, 0.15) is 13.1 Å². The fourth-order valence-electron chi connectivity index (χ4n) is 3.24. The van der Waals surface area contributed by atoms with Gasteiger partial charge in [0.2, 0.25) is 0 Å². The highest BCUT2D eigenvalue weighted by Gasteiger charge is 2.16. The number of benzene rings is 1. The predicted molar refractivity (Wildman–Crippen MR) is 98.5 cm³/mol. The van der Waals surface area contributed by atoms with Gasteiger partial charge in [-0.3, -0.25) is 0 Å². The van der Waals surface area contributed by atoms with Crippen LogP contribution in [-0.2, 0) is 4.74 Å². The number of hydrogen-bond acceptors (Lipinski definition) is 3. The second-order valence-corrected chi connectivity index (χ2v) is 6.61. The molecule has 3 N–H and O–H groups in total. The summed E-state index contributed by atoms with van der Waals surface area (Å²) >= 11 is 5.46. The molecule has 2 saturated heterocycles. The number of rotatable bonds is 5. The third kappa shape index (κ3) is 4.80. The Bertz CT molecular complexity index is 513. The minimum absolute atomic E-state index is 0.712. The van der Waals surface area contributed by atoms with Crippen molar-refractivity contribution in [2.24, 2.45) is 0 Å². The van der Waals surface area contributed by atoms with E-state index >= 15 is 0 Å². The zero-order valence-electron chi connectivity index (χ0n) is 13.6. The third-order valence-corrected chi connectivity index (χ3v) is 4.81. The predicted octanol–water partition coefficient (Wildman–Crippen LogP) is 0.488. The molecular formula is C17H27N4OS+. The first-order valence-electron chi connectivity index (χ1n) is 8.63. The summed E-state index contributed by atoms with van der Waals surface area (Å²) in [7, 11) is 0. The third-order valence-electron chi connectivity index (χ3n) is 4.56. The van der Waals surface area contributed by atoms with Crippen LogP contribution in [0, 0.1) is 0 Å². The van der Waals surface area contributed by atoms with E-state index in [2.05, 4.69) is 39.8 Å². The number of quaternary nitrogens is 1.